The molecule has 0 saturated heterocycles. The lowest BCUT2D eigenvalue weighted by Gasteiger charge is -2.05. The second-order valence-electron chi connectivity index (χ2n) is 2.81. The number of aliphatic imine (C=N–C) groups is 2. The maximum atomic E-state index is 5.78. The Hall–Kier alpha value is -1.15. The molecule has 66 valence electrons. The van der Waals surface area contributed by atoms with Crippen molar-refractivity contribution in [2.24, 2.45) is 9.98 Å². The van der Waals surface area contributed by atoms with E-state index in [-0.39, 0.29) is 0 Å². The number of halogens is 1. The van der Waals surface area contributed by atoms with Crippen LogP contribution >= 0.6 is 11.6 Å². The fourth-order valence-corrected chi connectivity index (χ4v) is 1.33. The molecule has 0 radical (unpaired) electrons. The molecule has 1 aromatic carbocycles. The number of benzene rings is 1. The monoisotopic (exact) mass is 192 g/mol. The molecule has 0 spiro atoms. The van der Waals surface area contributed by atoms with E-state index in [1.54, 1.807) is 0 Å². The van der Waals surface area contributed by atoms with Crippen molar-refractivity contribution in [1.29, 1.82) is 0 Å². The van der Waals surface area contributed by atoms with Crippen LogP contribution in [0.2, 0.25) is 5.02 Å². The predicted molar refractivity (Wildman–Crippen MR) is 56.2 cm³/mol. The van der Waals surface area contributed by atoms with Crippen LogP contribution in [0.15, 0.2) is 34.3 Å². The lowest BCUT2D eigenvalue weighted by atomic mass is 10.1. The van der Waals surface area contributed by atoms with Gasteiger partial charge in [-0.25, -0.2) is 0 Å². The highest BCUT2D eigenvalue weighted by Crippen LogP contribution is 2.10. The summed E-state index contributed by atoms with van der Waals surface area (Å²) in [5.41, 5.74) is 2.02. The number of hydrogen-bond acceptors (Lipinski definition) is 2. The largest absolute Gasteiger partial charge is 0.289 e. The first-order valence-corrected chi connectivity index (χ1v) is 4.54. The van der Waals surface area contributed by atoms with Crippen molar-refractivity contribution in [3.63, 3.8) is 0 Å². The third kappa shape index (κ3) is 1.95. The van der Waals surface area contributed by atoms with Crippen molar-refractivity contribution in [2.75, 3.05) is 13.1 Å². The Bertz CT molecular complexity index is 352. The molecule has 1 aromatic rings. The minimum absolute atomic E-state index is 0.747. The number of hydrogen-bond donors (Lipinski definition) is 0. The van der Waals surface area contributed by atoms with Crippen molar-refractivity contribution in [3.05, 3.63) is 34.9 Å². The topological polar surface area (TPSA) is 24.7 Å². The lowest BCUT2D eigenvalue weighted by molar-refractivity contribution is 0.971. The third-order valence-corrected chi connectivity index (χ3v) is 2.12. The molecule has 0 atom stereocenters. The van der Waals surface area contributed by atoms with Gasteiger partial charge in [-0.1, -0.05) is 23.7 Å². The maximum absolute atomic E-state index is 5.78. The molecule has 0 fully saturated rings. The zero-order valence-corrected chi connectivity index (χ0v) is 7.83. The minimum atomic E-state index is 0.747. The second kappa shape index (κ2) is 3.71. The molecule has 0 bridgehead atoms. The maximum Gasteiger partial charge on any atom is 0.0825 e. The summed E-state index contributed by atoms with van der Waals surface area (Å²) < 4.78 is 0. The molecule has 2 nitrogen and oxygen atoms in total. The van der Waals surface area contributed by atoms with Crippen molar-refractivity contribution < 1.29 is 0 Å². The van der Waals surface area contributed by atoms with Crippen LogP contribution in [0.5, 0.6) is 0 Å². The Labute approximate surface area is 82.0 Å². The molecule has 3 heteroatoms. The molecule has 1 aliphatic rings. The van der Waals surface area contributed by atoms with Gasteiger partial charge in [-0.2, -0.15) is 0 Å². The molecule has 0 saturated carbocycles. The molecule has 1 aliphatic heterocycles. The lowest BCUT2D eigenvalue weighted by Crippen LogP contribution is -2.09. The molecule has 0 aromatic heterocycles. The van der Waals surface area contributed by atoms with E-state index >= 15 is 0 Å². The average molecular weight is 193 g/mol. The first kappa shape index (κ1) is 8.45. The average Bonchev–Trinajstić information content (AvgIpc) is 2.20. The van der Waals surface area contributed by atoms with Gasteiger partial charge in [-0.15, -0.1) is 0 Å². The summed E-state index contributed by atoms with van der Waals surface area (Å²) in [6.45, 7) is 1.59. The summed E-state index contributed by atoms with van der Waals surface area (Å²) in [5.74, 6) is 0. The highest BCUT2D eigenvalue weighted by molar-refractivity contribution is 6.38. The Morgan fingerprint density at radius 2 is 1.85 bits per heavy atom. The highest BCUT2D eigenvalue weighted by atomic mass is 35.5. The van der Waals surface area contributed by atoms with Gasteiger partial charge in [0.2, 0.25) is 0 Å². The van der Waals surface area contributed by atoms with E-state index in [9.17, 15) is 0 Å². The molecule has 1 heterocycles. The van der Waals surface area contributed by atoms with E-state index in [1.807, 2.05) is 30.5 Å². The molecular weight excluding hydrogens is 184 g/mol. The summed E-state index contributed by atoms with van der Waals surface area (Å²) >= 11 is 5.78. The molecule has 13 heavy (non-hydrogen) atoms. The molecule has 0 amide bonds. The Morgan fingerprint density at radius 1 is 1.08 bits per heavy atom. The van der Waals surface area contributed by atoms with Crippen molar-refractivity contribution in [3.8, 4) is 0 Å². The number of nitrogens with zero attached hydrogens (tertiary/aromatic N) is 2. The van der Waals surface area contributed by atoms with E-state index in [4.69, 9.17) is 11.6 Å². The Morgan fingerprint density at radius 3 is 2.46 bits per heavy atom. The van der Waals surface area contributed by atoms with E-state index in [0.29, 0.717) is 0 Å². The quantitative estimate of drug-likeness (QED) is 0.652. The van der Waals surface area contributed by atoms with E-state index in [0.717, 1.165) is 29.4 Å². The van der Waals surface area contributed by atoms with Crippen LogP contribution in [-0.4, -0.2) is 25.0 Å². The summed E-state index contributed by atoms with van der Waals surface area (Å²) in [4.78, 5) is 8.52. The zero-order chi connectivity index (χ0) is 9.10. The van der Waals surface area contributed by atoms with E-state index < -0.39 is 0 Å². The van der Waals surface area contributed by atoms with Gasteiger partial charge in [0.15, 0.2) is 0 Å². The second-order valence-corrected chi connectivity index (χ2v) is 3.25. The normalized spacial score (nSPS) is 15.6. The molecule has 2 rings (SSSR count). The van der Waals surface area contributed by atoms with Crippen LogP contribution in [0.25, 0.3) is 0 Å². The zero-order valence-electron chi connectivity index (χ0n) is 7.07. The predicted octanol–water partition coefficient (Wildman–Crippen LogP) is 2.21. The molecule has 0 aliphatic carbocycles. The van der Waals surface area contributed by atoms with Gasteiger partial charge in [-0.05, 0) is 12.1 Å². The van der Waals surface area contributed by atoms with Gasteiger partial charge in [0, 0.05) is 16.8 Å². The van der Waals surface area contributed by atoms with Gasteiger partial charge < -0.3 is 0 Å². The molecule has 0 N–H and O–H groups in total. The highest BCUT2D eigenvalue weighted by Gasteiger charge is 2.02. The van der Waals surface area contributed by atoms with Crippen LogP contribution in [0.3, 0.4) is 0 Å². The molecule has 0 unspecified atom stereocenters. The van der Waals surface area contributed by atoms with Crippen molar-refractivity contribution in [1.82, 2.24) is 0 Å². The summed E-state index contributed by atoms with van der Waals surface area (Å²) in [7, 11) is 0. The van der Waals surface area contributed by atoms with Crippen LogP contribution in [0, 0.1) is 0 Å². The number of rotatable bonds is 1. The van der Waals surface area contributed by atoms with Gasteiger partial charge in [0.05, 0.1) is 18.8 Å². The fourth-order valence-electron chi connectivity index (χ4n) is 1.21. The van der Waals surface area contributed by atoms with Gasteiger partial charge >= 0.3 is 0 Å². The first-order valence-electron chi connectivity index (χ1n) is 4.16. The van der Waals surface area contributed by atoms with Crippen LogP contribution in [-0.2, 0) is 0 Å². The fraction of sp³-hybridized carbons (Fsp3) is 0.200. The smallest absolute Gasteiger partial charge is 0.0825 e. The SMILES string of the molecule is Clc1ccc(C2=NCCN=C2)cc1. The van der Waals surface area contributed by atoms with Crippen molar-refractivity contribution in [2.45, 2.75) is 0 Å². The summed E-state index contributed by atoms with van der Waals surface area (Å²) in [6, 6.07) is 7.64. The van der Waals surface area contributed by atoms with Crippen molar-refractivity contribution >= 4 is 23.5 Å². The van der Waals surface area contributed by atoms with Gasteiger partial charge in [0.25, 0.3) is 0 Å². The Kier molecular flexibility index (Phi) is 2.41. The van der Waals surface area contributed by atoms with E-state index in [1.165, 1.54) is 0 Å². The van der Waals surface area contributed by atoms with E-state index in [2.05, 4.69) is 9.98 Å². The third-order valence-electron chi connectivity index (χ3n) is 1.86. The first-order chi connectivity index (χ1) is 6.36. The van der Waals surface area contributed by atoms with Gasteiger partial charge in [-0.3, -0.25) is 9.98 Å². The standard InChI is InChI=1S/C10H9ClN2/c11-9-3-1-8(2-4-9)10-7-12-5-6-13-10/h1-4,7H,5-6H2. The minimum Gasteiger partial charge on any atom is -0.289 e. The van der Waals surface area contributed by atoms with Crippen LogP contribution < -0.4 is 0 Å². The van der Waals surface area contributed by atoms with Crippen LogP contribution in [0.4, 0.5) is 0 Å². The summed E-state index contributed by atoms with van der Waals surface area (Å²) in [6.07, 6.45) is 1.81. The van der Waals surface area contributed by atoms with Gasteiger partial charge in [0.1, 0.15) is 0 Å². The summed E-state index contributed by atoms with van der Waals surface area (Å²) in [5, 5.41) is 0.747. The molecular formula is C10H9ClN2. The Balaban J connectivity index is 2.30. The van der Waals surface area contributed by atoms with Crippen LogP contribution in [0.1, 0.15) is 5.56 Å².